The number of likely N-dealkylation sites (tertiary alicyclic amines) is 1. The molecular formula is C24H30N4O. The molecule has 5 heteroatoms. The van der Waals surface area contributed by atoms with Crippen molar-refractivity contribution in [2.24, 2.45) is 5.92 Å². The molecule has 4 rings (SSSR count). The number of para-hydroxylation sites is 2. The van der Waals surface area contributed by atoms with Gasteiger partial charge in [-0.25, -0.2) is 4.98 Å². The minimum atomic E-state index is 0.0527. The second-order valence-corrected chi connectivity index (χ2v) is 8.25. The molecule has 1 aromatic heterocycles. The fourth-order valence-electron chi connectivity index (χ4n) is 3.89. The van der Waals surface area contributed by atoms with E-state index >= 15 is 0 Å². The maximum atomic E-state index is 12.2. The third-order valence-corrected chi connectivity index (χ3v) is 5.82. The molecule has 0 unspecified atom stereocenters. The maximum absolute atomic E-state index is 12.2. The van der Waals surface area contributed by atoms with Crippen LogP contribution >= 0.6 is 0 Å². The van der Waals surface area contributed by atoms with Crippen LogP contribution in [0.3, 0.4) is 0 Å². The van der Waals surface area contributed by atoms with Crippen LogP contribution in [0.1, 0.15) is 43.1 Å². The molecule has 0 atom stereocenters. The van der Waals surface area contributed by atoms with Gasteiger partial charge in [0.15, 0.2) is 0 Å². The van der Waals surface area contributed by atoms with E-state index in [2.05, 4.69) is 51.4 Å². The zero-order valence-corrected chi connectivity index (χ0v) is 17.2. The van der Waals surface area contributed by atoms with Crippen LogP contribution in [-0.4, -0.2) is 33.9 Å². The fraction of sp³-hybridized carbons (Fsp3) is 0.417. The third kappa shape index (κ3) is 5.45. The van der Waals surface area contributed by atoms with Gasteiger partial charge in [0.25, 0.3) is 0 Å². The van der Waals surface area contributed by atoms with Crippen LogP contribution in [0.25, 0.3) is 11.0 Å². The van der Waals surface area contributed by atoms with Crippen LogP contribution in [0.15, 0.2) is 48.5 Å². The van der Waals surface area contributed by atoms with E-state index in [9.17, 15) is 4.79 Å². The molecule has 2 N–H and O–H groups in total. The van der Waals surface area contributed by atoms with Gasteiger partial charge in [-0.05, 0) is 55.1 Å². The van der Waals surface area contributed by atoms with Crippen molar-refractivity contribution in [3.8, 4) is 0 Å². The maximum Gasteiger partial charge on any atom is 0.220 e. The number of piperidine rings is 1. The smallest absolute Gasteiger partial charge is 0.220 e. The summed E-state index contributed by atoms with van der Waals surface area (Å²) in [5.41, 5.74) is 4.45. The number of nitrogens with zero attached hydrogens (tertiary/aromatic N) is 2. The van der Waals surface area contributed by atoms with Gasteiger partial charge in [-0.3, -0.25) is 9.69 Å². The predicted octanol–water partition coefficient (Wildman–Crippen LogP) is 4.04. The first-order valence-electron chi connectivity index (χ1n) is 10.7. The number of aryl methyl sites for hydroxylation is 1. The number of benzene rings is 2. The molecule has 5 nitrogen and oxygen atoms in total. The van der Waals surface area contributed by atoms with Crippen molar-refractivity contribution in [3.05, 3.63) is 65.5 Å². The Balaban J connectivity index is 1.20. The summed E-state index contributed by atoms with van der Waals surface area (Å²) >= 11 is 0. The summed E-state index contributed by atoms with van der Waals surface area (Å²) in [5.74, 6) is 1.78. The number of rotatable bonds is 7. The Morgan fingerprint density at radius 3 is 2.59 bits per heavy atom. The summed E-state index contributed by atoms with van der Waals surface area (Å²) in [5, 5.41) is 3.02. The lowest BCUT2D eigenvalue weighted by Crippen LogP contribution is -2.32. The highest BCUT2D eigenvalue weighted by atomic mass is 16.1. The summed E-state index contributed by atoms with van der Waals surface area (Å²) in [6, 6.07) is 16.6. The van der Waals surface area contributed by atoms with Gasteiger partial charge in [-0.15, -0.1) is 0 Å². The number of aromatic amines is 1. The molecule has 0 radical (unpaired) electrons. The first-order chi connectivity index (χ1) is 14.2. The van der Waals surface area contributed by atoms with Crippen LogP contribution in [-0.2, 0) is 24.3 Å². The van der Waals surface area contributed by atoms with Gasteiger partial charge in [-0.2, -0.15) is 0 Å². The Bertz CT molecular complexity index is 906. The molecule has 2 aromatic carbocycles. The normalized spacial score (nSPS) is 15.6. The molecular weight excluding hydrogens is 360 g/mol. The van der Waals surface area contributed by atoms with Gasteiger partial charge in [-0.1, -0.05) is 43.3 Å². The summed E-state index contributed by atoms with van der Waals surface area (Å²) in [6.45, 7) is 6.34. The molecule has 0 bridgehead atoms. The highest BCUT2D eigenvalue weighted by Gasteiger charge is 2.15. The lowest BCUT2D eigenvalue weighted by Gasteiger charge is -2.30. The number of amides is 1. The number of hydrogen-bond donors (Lipinski definition) is 2. The SMILES string of the molecule is CC1CCN(Cc2ccc(CNC(=O)CCc3nc4ccccc4[nH]3)cc2)CC1. The highest BCUT2D eigenvalue weighted by molar-refractivity contribution is 5.77. The fourth-order valence-corrected chi connectivity index (χ4v) is 3.89. The minimum Gasteiger partial charge on any atom is -0.352 e. The second-order valence-electron chi connectivity index (χ2n) is 8.25. The largest absolute Gasteiger partial charge is 0.352 e. The number of carbonyl (C=O) groups excluding carboxylic acids is 1. The summed E-state index contributed by atoms with van der Waals surface area (Å²) in [6.07, 6.45) is 3.66. The molecule has 152 valence electrons. The lowest BCUT2D eigenvalue weighted by atomic mass is 9.99. The van der Waals surface area contributed by atoms with Crippen molar-refractivity contribution in [2.75, 3.05) is 13.1 Å². The van der Waals surface area contributed by atoms with Crippen molar-refractivity contribution < 1.29 is 4.79 Å². The van der Waals surface area contributed by atoms with E-state index in [4.69, 9.17) is 0 Å². The van der Waals surface area contributed by atoms with E-state index in [0.717, 1.165) is 34.9 Å². The van der Waals surface area contributed by atoms with Gasteiger partial charge in [0.05, 0.1) is 11.0 Å². The minimum absolute atomic E-state index is 0.0527. The molecule has 1 saturated heterocycles. The topological polar surface area (TPSA) is 61.0 Å². The van der Waals surface area contributed by atoms with Crippen LogP contribution in [0.5, 0.6) is 0 Å². The zero-order valence-electron chi connectivity index (χ0n) is 17.2. The number of fused-ring (bicyclic) bond motifs is 1. The molecule has 0 saturated carbocycles. The molecule has 29 heavy (non-hydrogen) atoms. The van der Waals surface area contributed by atoms with Crippen molar-refractivity contribution in [1.29, 1.82) is 0 Å². The predicted molar refractivity (Wildman–Crippen MR) is 116 cm³/mol. The average Bonchev–Trinajstić information content (AvgIpc) is 3.16. The molecule has 1 fully saturated rings. The van der Waals surface area contributed by atoms with Gasteiger partial charge < -0.3 is 10.3 Å². The van der Waals surface area contributed by atoms with E-state index in [1.807, 2.05) is 24.3 Å². The molecule has 0 spiro atoms. The number of H-pyrrole nitrogens is 1. The van der Waals surface area contributed by atoms with E-state index in [-0.39, 0.29) is 5.91 Å². The van der Waals surface area contributed by atoms with Crippen LogP contribution in [0, 0.1) is 5.92 Å². The zero-order chi connectivity index (χ0) is 20.1. The quantitative estimate of drug-likeness (QED) is 0.640. The molecule has 1 aliphatic heterocycles. The van der Waals surface area contributed by atoms with Gasteiger partial charge >= 0.3 is 0 Å². The second kappa shape index (κ2) is 9.23. The van der Waals surface area contributed by atoms with Gasteiger partial charge in [0.1, 0.15) is 5.82 Å². The lowest BCUT2D eigenvalue weighted by molar-refractivity contribution is -0.121. The third-order valence-electron chi connectivity index (χ3n) is 5.82. The van der Waals surface area contributed by atoms with Crippen LogP contribution < -0.4 is 5.32 Å². The van der Waals surface area contributed by atoms with Gasteiger partial charge in [0.2, 0.25) is 5.91 Å². The molecule has 0 aliphatic carbocycles. The number of nitrogens with one attached hydrogen (secondary N) is 2. The Labute approximate surface area is 172 Å². The molecule has 1 amide bonds. The Hall–Kier alpha value is -2.66. The van der Waals surface area contributed by atoms with Crippen LogP contribution in [0.2, 0.25) is 0 Å². The Morgan fingerprint density at radius 1 is 1.10 bits per heavy atom. The number of imidazole rings is 1. The summed E-state index contributed by atoms with van der Waals surface area (Å²) in [4.78, 5) is 22.5. The standard InChI is InChI=1S/C24H30N4O/c1-18-12-14-28(15-13-18)17-20-8-6-19(7-9-20)16-25-24(29)11-10-23-26-21-4-2-3-5-22(21)27-23/h2-9,18H,10-17H2,1H3,(H,25,29)(H,26,27). The number of carbonyl (C=O) groups is 1. The molecule has 2 heterocycles. The average molecular weight is 391 g/mol. The van der Waals surface area contributed by atoms with E-state index in [1.165, 1.54) is 31.5 Å². The highest BCUT2D eigenvalue weighted by Crippen LogP contribution is 2.18. The van der Waals surface area contributed by atoms with E-state index in [0.29, 0.717) is 19.4 Å². The van der Waals surface area contributed by atoms with Crippen molar-refractivity contribution in [2.45, 2.75) is 45.7 Å². The van der Waals surface area contributed by atoms with Crippen LogP contribution in [0.4, 0.5) is 0 Å². The molecule has 1 aliphatic rings. The first-order valence-corrected chi connectivity index (χ1v) is 10.7. The number of aromatic nitrogens is 2. The van der Waals surface area contributed by atoms with E-state index in [1.54, 1.807) is 0 Å². The van der Waals surface area contributed by atoms with Gasteiger partial charge in [0, 0.05) is 25.9 Å². The Morgan fingerprint density at radius 2 is 1.83 bits per heavy atom. The number of hydrogen-bond acceptors (Lipinski definition) is 3. The summed E-state index contributed by atoms with van der Waals surface area (Å²) < 4.78 is 0. The first kappa shape index (κ1) is 19.6. The Kier molecular flexibility index (Phi) is 6.25. The summed E-state index contributed by atoms with van der Waals surface area (Å²) in [7, 11) is 0. The monoisotopic (exact) mass is 390 g/mol. The molecule has 3 aromatic rings. The van der Waals surface area contributed by atoms with E-state index < -0.39 is 0 Å². The van der Waals surface area contributed by atoms with Crippen molar-refractivity contribution in [3.63, 3.8) is 0 Å². The van der Waals surface area contributed by atoms with Crippen molar-refractivity contribution >= 4 is 16.9 Å². The van der Waals surface area contributed by atoms with Crippen molar-refractivity contribution in [1.82, 2.24) is 20.2 Å².